The maximum Gasteiger partial charge on any atom is 0.277 e. The van der Waals surface area contributed by atoms with E-state index in [1.807, 2.05) is 24.3 Å². The fraction of sp³-hybridized carbons (Fsp3) is 0.250. The van der Waals surface area contributed by atoms with Gasteiger partial charge in [-0.1, -0.05) is 36.0 Å². The predicted molar refractivity (Wildman–Crippen MR) is 89.7 cm³/mol. The number of carbonyl (C=O) groups is 1. The monoisotopic (exact) mass is 344 g/mol. The van der Waals surface area contributed by atoms with E-state index in [1.165, 1.54) is 17.3 Å². The van der Waals surface area contributed by atoms with Crippen LogP contribution >= 0.6 is 11.8 Å². The first-order chi connectivity index (χ1) is 11.6. The number of rotatable bonds is 6. The van der Waals surface area contributed by atoms with Crippen molar-refractivity contribution in [1.29, 1.82) is 0 Å². The van der Waals surface area contributed by atoms with Gasteiger partial charge in [-0.2, -0.15) is 0 Å². The van der Waals surface area contributed by atoms with E-state index in [-0.39, 0.29) is 17.6 Å². The van der Waals surface area contributed by atoms with Crippen LogP contribution in [0, 0.1) is 6.92 Å². The molecular formula is C16H16N4O3S. The molecule has 0 fully saturated rings. The van der Waals surface area contributed by atoms with Gasteiger partial charge >= 0.3 is 0 Å². The molecule has 8 heteroatoms. The number of hydrogen-bond donors (Lipinski definition) is 1. The Morgan fingerprint density at radius 2 is 2.17 bits per heavy atom. The van der Waals surface area contributed by atoms with Gasteiger partial charge in [0.2, 0.25) is 5.91 Å². The molecule has 0 radical (unpaired) electrons. The summed E-state index contributed by atoms with van der Waals surface area (Å²) < 4.78 is 10.4. The van der Waals surface area contributed by atoms with Crippen molar-refractivity contribution in [3.8, 4) is 11.6 Å². The number of nitrogens with zero attached hydrogens (tertiary/aromatic N) is 3. The largest absolute Gasteiger partial charge is 0.409 e. The standard InChI is InChI=1S/C16H16N4O3S/c1-3-11-5-4-6-12(8-11)17-14(21)9-24-16-19-18-15(22-16)13-7-10(2)23-20-13/h4-8H,3,9H2,1-2H3,(H,17,21). The highest BCUT2D eigenvalue weighted by atomic mass is 32.2. The second kappa shape index (κ2) is 7.31. The van der Waals surface area contributed by atoms with Gasteiger partial charge in [0.15, 0.2) is 5.69 Å². The van der Waals surface area contributed by atoms with Crippen molar-refractivity contribution in [2.24, 2.45) is 0 Å². The topological polar surface area (TPSA) is 94.1 Å². The number of carbonyl (C=O) groups excluding carboxylic acids is 1. The van der Waals surface area contributed by atoms with Crippen LogP contribution < -0.4 is 5.32 Å². The highest BCUT2D eigenvalue weighted by Crippen LogP contribution is 2.23. The van der Waals surface area contributed by atoms with Crippen LogP contribution in [-0.2, 0) is 11.2 Å². The van der Waals surface area contributed by atoms with Crippen molar-refractivity contribution in [1.82, 2.24) is 15.4 Å². The summed E-state index contributed by atoms with van der Waals surface area (Å²) in [4.78, 5) is 12.0. The molecule has 0 aliphatic rings. The van der Waals surface area contributed by atoms with Crippen molar-refractivity contribution in [3.63, 3.8) is 0 Å². The predicted octanol–water partition coefficient (Wildman–Crippen LogP) is 3.33. The Morgan fingerprint density at radius 3 is 2.92 bits per heavy atom. The van der Waals surface area contributed by atoms with E-state index < -0.39 is 0 Å². The highest BCUT2D eigenvalue weighted by Gasteiger charge is 2.14. The first-order valence-corrected chi connectivity index (χ1v) is 8.41. The second-order valence-corrected chi connectivity index (χ2v) is 6.01. The van der Waals surface area contributed by atoms with Crippen LogP contribution in [0.5, 0.6) is 0 Å². The zero-order chi connectivity index (χ0) is 16.9. The third-order valence-corrected chi connectivity index (χ3v) is 4.02. The summed E-state index contributed by atoms with van der Waals surface area (Å²) in [5.41, 5.74) is 2.43. The smallest absolute Gasteiger partial charge is 0.277 e. The minimum atomic E-state index is -0.134. The Bertz CT molecular complexity index is 843. The average Bonchev–Trinajstić information content (AvgIpc) is 3.22. The van der Waals surface area contributed by atoms with E-state index in [1.54, 1.807) is 13.0 Å². The minimum Gasteiger partial charge on any atom is -0.409 e. The lowest BCUT2D eigenvalue weighted by Gasteiger charge is -2.05. The Kier molecular flexibility index (Phi) is 4.95. The molecule has 3 rings (SSSR count). The molecule has 124 valence electrons. The zero-order valence-corrected chi connectivity index (χ0v) is 14.1. The maximum atomic E-state index is 12.0. The molecule has 0 saturated heterocycles. The molecule has 2 aromatic heterocycles. The van der Waals surface area contributed by atoms with Crippen LogP contribution in [0.1, 0.15) is 18.2 Å². The molecule has 0 saturated carbocycles. The van der Waals surface area contributed by atoms with Gasteiger partial charge in [-0.05, 0) is 31.0 Å². The summed E-state index contributed by atoms with van der Waals surface area (Å²) in [6, 6.07) is 9.47. The van der Waals surface area contributed by atoms with Crippen LogP contribution in [0.4, 0.5) is 5.69 Å². The lowest BCUT2D eigenvalue weighted by Crippen LogP contribution is -2.14. The van der Waals surface area contributed by atoms with Crippen LogP contribution in [0.15, 0.2) is 44.5 Å². The summed E-state index contributed by atoms with van der Waals surface area (Å²) in [6.45, 7) is 3.85. The first kappa shape index (κ1) is 16.3. The zero-order valence-electron chi connectivity index (χ0n) is 13.3. The number of hydrogen-bond acceptors (Lipinski definition) is 7. The Balaban J connectivity index is 1.55. The Hall–Kier alpha value is -2.61. The molecule has 1 amide bonds. The van der Waals surface area contributed by atoms with Crippen molar-refractivity contribution in [2.75, 3.05) is 11.1 Å². The van der Waals surface area contributed by atoms with Crippen LogP contribution in [0.3, 0.4) is 0 Å². The molecule has 0 aliphatic carbocycles. The molecule has 0 spiro atoms. The van der Waals surface area contributed by atoms with Gasteiger partial charge in [-0.15, -0.1) is 10.2 Å². The van der Waals surface area contributed by atoms with Crippen molar-refractivity contribution in [2.45, 2.75) is 25.5 Å². The van der Waals surface area contributed by atoms with Gasteiger partial charge in [0, 0.05) is 11.8 Å². The lowest BCUT2D eigenvalue weighted by atomic mass is 10.1. The maximum absolute atomic E-state index is 12.0. The number of aromatic nitrogens is 3. The van der Waals surface area contributed by atoms with Gasteiger partial charge in [0.05, 0.1) is 5.75 Å². The fourth-order valence-corrected chi connectivity index (χ4v) is 2.60. The molecule has 1 aromatic carbocycles. The summed E-state index contributed by atoms with van der Waals surface area (Å²) in [7, 11) is 0. The van der Waals surface area contributed by atoms with E-state index in [9.17, 15) is 4.79 Å². The summed E-state index contributed by atoms with van der Waals surface area (Å²) in [6.07, 6.45) is 0.921. The van der Waals surface area contributed by atoms with Crippen molar-refractivity contribution >= 4 is 23.4 Å². The van der Waals surface area contributed by atoms with E-state index in [2.05, 4.69) is 27.6 Å². The van der Waals surface area contributed by atoms with Gasteiger partial charge in [0.1, 0.15) is 5.76 Å². The normalized spacial score (nSPS) is 10.8. The Labute approximate surface area is 142 Å². The molecule has 1 N–H and O–H groups in total. The quantitative estimate of drug-likeness (QED) is 0.685. The van der Waals surface area contributed by atoms with E-state index in [4.69, 9.17) is 8.94 Å². The molecule has 0 aliphatic heterocycles. The van der Waals surface area contributed by atoms with Crippen LogP contribution in [0.25, 0.3) is 11.6 Å². The van der Waals surface area contributed by atoms with E-state index >= 15 is 0 Å². The SMILES string of the molecule is CCc1cccc(NC(=O)CSc2nnc(-c3cc(C)on3)o2)c1. The van der Waals surface area contributed by atoms with Gasteiger partial charge in [-0.3, -0.25) is 4.79 Å². The summed E-state index contributed by atoms with van der Waals surface area (Å²) >= 11 is 1.17. The molecular weight excluding hydrogens is 328 g/mol. The first-order valence-electron chi connectivity index (χ1n) is 7.43. The summed E-state index contributed by atoms with van der Waals surface area (Å²) in [5.74, 6) is 0.970. The molecule has 2 heterocycles. The molecule has 0 atom stereocenters. The lowest BCUT2D eigenvalue weighted by molar-refractivity contribution is -0.113. The molecule has 7 nitrogen and oxygen atoms in total. The van der Waals surface area contributed by atoms with Gasteiger partial charge in [-0.25, -0.2) is 0 Å². The number of thioether (sulfide) groups is 1. The third kappa shape index (κ3) is 4.02. The number of anilines is 1. The number of benzene rings is 1. The molecule has 0 unspecified atom stereocenters. The average molecular weight is 344 g/mol. The number of aryl methyl sites for hydroxylation is 2. The molecule has 3 aromatic rings. The van der Waals surface area contributed by atoms with E-state index in [0.717, 1.165) is 12.1 Å². The third-order valence-electron chi connectivity index (χ3n) is 3.20. The van der Waals surface area contributed by atoms with Crippen molar-refractivity contribution in [3.05, 3.63) is 41.7 Å². The van der Waals surface area contributed by atoms with Crippen molar-refractivity contribution < 1.29 is 13.7 Å². The van der Waals surface area contributed by atoms with Gasteiger partial charge in [0.25, 0.3) is 11.1 Å². The number of amides is 1. The number of nitrogens with one attached hydrogen (secondary N) is 1. The highest BCUT2D eigenvalue weighted by molar-refractivity contribution is 7.99. The molecule has 24 heavy (non-hydrogen) atoms. The van der Waals surface area contributed by atoms with E-state index in [0.29, 0.717) is 16.7 Å². The molecule has 0 bridgehead atoms. The fourth-order valence-electron chi connectivity index (χ4n) is 2.03. The summed E-state index contributed by atoms with van der Waals surface area (Å²) in [5, 5.41) is 14.8. The Morgan fingerprint density at radius 1 is 1.29 bits per heavy atom. The van der Waals surface area contributed by atoms with Crippen LogP contribution in [0.2, 0.25) is 0 Å². The van der Waals surface area contributed by atoms with Gasteiger partial charge < -0.3 is 14.3 Å². The minimum absolute atomic E-state index is 0.134. The van der Waals surface area contributed by atoms with Crippen LogP contribution in [-0.4, -0.2) is 27.0 Å². The second-order valence-electron chi connectivity index (χ2n) is 5.09.